The summed E-state index contributed by atoms with van der Waals surface area (Å²) in [5, 5.41) is 0.403. The summed E-state index contributed by atoms with van der Waals surface area (Å²) in [7, 11) is 0. The number of hydrogen-bond donors (Lipinski definition) is 0. The minimum absolute atomic E-state index is 0.0325. The fraction of sp³-hybridized carbons (Fsp3) is 0.538. The lowest BCUT2D eigenvalue weighted by Gasteiger charge is -2.28. The second-order valence-corrected chi connectivity index (χ2v) is 5.23. The number of carbonyl (C=O) groups excluding carboxylic acids is 1. The van der Waals surface area contributed by atoms with Crippen molar-refractivity contribution >= 4 is 29.1 Å². The van der Waals surface area contributed by atoms with Gasteiger partial charge < -0.3 is 4.90 Å². The second kappa shape index (κ2) is 6.39. The van der Waals surface area contributed by atoms with E-state index in [1.54, 1.807) is 12.3 Å². The predicted molar refractivity (Wildman–Crippen MR) is 73.3 cm³/mol. The summed E-state index contributed by atoms with van der Waals surface area (Å²) < 4.78 is 0. The zero-order valence-corrected chi connectivity index (χ0v) is 11.6. The molecule has 5 heteroatoms. The van der Waals surface area contributed by atoms with E-state index in [2.05, 4.69) is 4.98 Å². The molecular weight excluding hydrogens is 271 g/mol. The molecular formula is C13H16Cl2N2O. The smallest absolute Gasteiger partial charge is 0.255 e. The van der Waals surface area contributed by atoms with Crippen LogP contribution in [0.2, 0.25) is 5.02 Å². The molecule has 0 aromatic carbocycles. The van der Waals surface area contributed by atoms with Crippen LogP contribution in [0.15, 0.2) is 18.5 Å². The number of hydrogen-bond acceptors (Lipinski definition) is 2. The molecule has 1 aliphatic rings. The van der Waals surface area contributed by atoms with Gasteiger partial charge in [0, 0.05) is 30.9 Å². The third kappa shape index (κ3) is 2.96. The first-order valence-electron chi connectivity index (χ1n) is 6.20. The van der Waals surface area contributed by atoms with Crippen LogP contribution in [-0.4, -0.2) is 34.3 Å². The van der Waals surface area contributed by atoms with Crippen LogP contribution in [0.25, 0.3) is 0 Å². The van der Waals surface area contributed by atoms with Crippen molar-refractivity contribution in [3.63, 3.8) is 0 Å². The summed E-state index contributed by atoms with van der Waals surface area (Å²) in [6.07, 6.45) is 7.38. The van der Waals surface area contributed by atoms with Gasteiger partial charge in [-0.3, -0.25) is 9.78 Å². The summed E-state index contributed by atoms with van der Waals surface area (Å²) in [4.78, 5) is 18.3. The molecule has 0 spiro atoms. The Labute approximate surface area is 117 Å². The summed E-state index contributed by atoms with van der Waals surface area (Å²) in [5.41, 5.74) is 0.517. The maximum atomic E-state index is 12.5. The van der Waals surface area contributed by atoms with Gasteiger partial charge in [-0.2, -0.15) is 0 Å². The molecule has 0 saturated carbocycles. The summed E-state index contributed by atoms with van der Waals surface area (Å²) in [5.74, 6) is 0.448. The van der Waals surface area contributed by atoms with Crippen LogP contribution in [-0.2, 0) is 0 Å². The average Bonchev–Trinajstić information content (AvgIpc) is 2.63. The van der Waals surface area contributed by atoms with Crippen molar-refractivity contribution < 1.29 is 4.79 Å². The predicted octanol–water partition coefficient (Wildman–Crippen LogP) is 3.36. The molecule has 1 saturated heterocycles. The van der Waals surface area contributed by atoms with E-state index < -0.39 is 0 Å². The summed E-state index contributed by atoms with van der Waals surface area (Å²) in [6.45, 7) is 0.759. The largest absolute Gasteiger partial charge is 0.334 e. The van der Waals surface area contributed by atoms with Crippen molar-refractivity contribution in [2.75, 3.05) is 12.4 Å². The third-order valence-electron chi connectivity index (χ3n) is 3.32. The number of pyridine rings is 1. The Kier molecular flexibility index (Phi) is 4.84. The van der Waals surface area contributed by atoms with E-state index in [0.29, 0.717) is 16.5 Å². The highest BCUT2D eigenvalue weighted by Gasteiger charge is 2.26. The van der Waals surface area contributed by atoms with Gasteiger partial charge in [-0.1, -0.05) is 24.4 Å². The van der Waals surface area contributed by atoms with Gasteiger partial charge in [0.1, 0.15) is 0 Å². The van der Waals surface area contributed by atoms with E-state index in [1.165, 1.54) is 6.20 Å². The van der Waals surface area contributed by atoms with Gasteiger partial charge in [0.15, 0.2) is 0 Å². The topological polar surface area (TPSA) is 33.2 Å². The highest BCUT2D eigenvalue weighted by molar-refractivity contribution is 6.33. The first-order valence-corrected chi connectivity index (χ1v) is 7.11. The molecule has 18 heavy (non-hydrogen) atoms. The lowest BCUT2D eigenvalue weighted by molar-refractivity contribution is 0.0700. The Morgan fingerprint density at radius 2 is 2.28 bits per heavy atom. The van der Waals surface area contributed by atoms with Gasteiger partial charge in [-0.25, -0.2) is 0 Å². The van der Waals surface area contributed by atoms with Gasteiger partial charge in [0.05, 0.1) is 10.6 Å². The van der Waals surface area contributed by atoms with Crippen LogP contribution in [0.5, 0.6) is 0 Å². The van der Waals surface area contributed by atoms with E-state index in [-0.39, 0.29) is 11.9 Å². The molecule has 0 radical (unpaired) electrons. The molecule has 98 valence electrons. The van der Waals surface area contributed by atoms with Crippen LogP contribution in [0.3, 0.4) is 0 Å². The minimum atomic E-state index is -0.0325. The number of rotatable bonds is 2. The standard InChI is InChI=1S/C13H16Cl2N2O/c14-8-10-4-2-1-3-7-17(10)13(18)11-5-6-16-9-12(11)15/h5-6,9-10H,1-4,7-8H2. The lowest BCUT2D eigenvalue weighted by Crippen LogP contribution is -2.41. The fourth-order valence-corrected chi connectivity index (χ4v) is 2.83. The van der Waals surface area contributed by atoms with Gasteiger partial charge in [0.2, 0.25) is 0 Å². The molecule has 0 N–H and O–H groups in total. The molecule has 2 heterocycles. The first-order chi connectivity index (χ1) is 8.74. The van der Waals surface area contributed by atoms with E-state index in [0.717, 1.165) is 32.2 Å². The van der Waals surface area contributed by atoms with Crippen molar-refractivity contribution in [1.29, 1.82) is 0 Å². The van der Waals surface area contributed by atoms with Crippen molar-refractivity contribution in [2.24, 2.45) is 0 Å². The molecule has 1 fully saturated rings. The van der Waals surface area contributed by atoms with Crippen LogP contribution in [0.4, 0.5) is 0 Å². The highest BCUT2D eigenvalue weighted by Crippen LogP contribution is 2.23. The zero-order chi connectivity index (χ0) is 13.0. The summed E-state index contributed by atoms with van der Waals surface area (Å²) in [6, 6.07) is 1.78. The molecule has 0 bridgehead atoms. The summed E-state index contributed by atoms with van der Waals surface area (Å²) >= 11 is 12.0. The molecule has 1 aliphatic heterocycles. The number of nitrogens with zero attached hydrogens (tertiary/aromatic N) is 2. The number of halogens is 2. The Hall–Kier alpha value is -0.800. The lowest BCUT2D eigenvalue weighted by atomic mass is 10.1. The molecule has 2 rings (SSSR count). The number of amides is 1. The van der Waals surface area contributed by atoms with Crippen molar-refractivity contribution in [1.82, 2.24) is 9.88 Å². The van der Waals surface area contributed by atoms with Gasteiger partial charge in [-0.05, 0) is 18.9 Å². The minimum Gasteiger partial charge on any atom is -0.334 e. The van der Waals surface area contributed by atoms with E-state index in [9.17, 15) is 4.79 Å². The van der Waals surface area contributed by atoms with Gasteiger partial charge >= 0.3 is 0 Å². The van der Waals surface area contributed by atoms with Crippen molar-refractivity contribution in [3.8, 4) is 0 Å². The maximum absolute atomic E-state index is 12.5. The second-order valence-electron chi connectivity index (χ2n) is 4.51. The first kappa shape index (κ1) is 13.6. The fourth-order valence-electron chi connectivity index (χ4n) is 2.31. The van der Waals surface area contributed by atoms with Crippen molar-refractivity contribution in [2.45, 2.75) is 31.7 Å². The Balaban J connectivity index is 2.23. The van der Waals surface area contributed by atoms with Gasteiger partial charge in [-0.15, -0.1) is 11.6 Å². The number of carbonyl (C=O) groups is 1. The molecule has 1 amide bonds. The molecule has 3 nitrogen and oxygen atoms in total. The third-order valence-corrected chi connectivity index (χ3v) is 3.98. The molecule has 1 atom stereocenters. The van der Waals surface area contributed by atoms with Crippen LogP contribution < -0.4 is 0 Å². The van der Waals surface area contributed by atoms with E-state index in [1.807, 2.05) is 4.90 Å². The highest BCUT2D eigenvalue weighted by atomic mass is 35.5. The zero-order valence-electron chi connectivity index (χ0n) is 10.1. The van der Waals surface area contributed by atoms with Crippen LogP contribution in [0.1, 0.15) is 36.0 Å². The average molecular weight is 287 g/mol. The van der Waals surface area contributed by atoms with Crippen LogP contribution in [0, 0.1) is 0 Å². The molecule has 0 aliphatic carbocycles. The monoisotopic (exact) mass is 286 g/mol. The Bertz CT molecular complexity index is 425. The normalized spacial score (nSPS) is 20.6. The number of likely N-dealkylation sites (tertiary alicyclic amines) is 1. The number of alkyl halides is 1. The van der Waals surface area contributed by atoms with Crippen LogP contribution >= 0.6 is 23.2 Å². The molecule has 1 aromatic rings. The van der Waals surface area contributed by atoms with E-state index >= 15 is 0 Å². The Morgan fingerprint density at radius 3 is 3.00 bits per heavy atom. The van der Waals surface area contributed by atoms with Crippen molar-refractivity contribution in [3.05, 3.63) is 29.0 Å². The molecule has 1 aromatic heterocycles. The van der Waals surface area contributed by atoms with E-state index in [4.69, 9.17) is 23.2 Å². The quantitative estimate of drug-likeness (QED) is 0.781. The molecule has 1 unspecified atom stereocenters. The van der Waals surface area contributed by atoms with Gasteiger partial charge in [0.25, 0.3) is 5.91 Å². The number of aromatic nitrogens is 1. The SMILES string of the molecule is O=C(c1ccncc1Cl)N1CCCCCC1CCl. The Morgan fingerprint density at radius 1 is 1.44 bits per heavy atom. The maximum Gasteiger partial charge on any atom is 0.255 e.